The lowest BCUT2D eigenvalue weighted by atomic mass is 9.66. The third-order valence-electron chi connectivity index (χ3n) is 8.86. The van der Waals surface area contributed by atoms with Crippen molar-refractivity contribution >= 4 is 11.9 Å². The molecule has 1 amide bonds. The molecule has 6 rings (SSSR count). The highest BCUT2D eigenvalue weighted by Gasteiger charge is 2.52. The molecule has 0 spiro atoms. The molecule has 3 fully saturated rings. The number of aliphatic carboxylic acids is 1. The van der Waals surface area contributed by atoms with E-state index in [-0.39, 0.29) is 42.3 Å². The van der Waals surface area contributed by atoms with Crippen molar-refractivity contribution in [1.82, 2.24) is 15.5 Å². The molecule has 5 atom stereocenters. The molecule has 3 N–H and O–H groups in total. The maximum atomic E-state index is 13.3. The number of carboxylic acid groups (broad SMARTS) is 1. The van der Waals surface area contributed by atoms with Crippen molar-refractivity contribution in [3.05, 3.63) is 101 Å². The van der Waals surface area contributed by atoms with Gasteiger partial charge in [-0.1, -0.05) is 86.6 Å². The maximum absolute atomic E-state index is 13.3. The van der Waals surface area contributed by atoms with Gasteiger partial charge in [-0.3, -0.25) is 14.5 Å². The van der Waals surface area contributed by atoms with Gasteiger partial charge >= 0.3 is 5.97 Å². The molecule has 0 aromatic heterocycles. The summed E-state index contributed by atoms with van der Waals surface area (Å²) in [4.78, 5) is 27.0. The summed E-state index contributed by atoms with van der Waals surface area (Å²) >= 11 is 0. The zero-order valence-corrected chi connectivity index (χ0v) is 24.1. The molecular formula is C34H41N3O4. The second-order valence-corrected chi connectivity index (χ2v) is 11.6. The highest BCUT2D eigenvalue weighted by molar-refractivity contribution is 5.83. The summed E-state index contributed by atoms with van der Waals surface area (Å²) in [6, 6.07) is 27.7. The number of rotatable bonds is 11. The maximum Gasteiger partial charge on any atom is 0.322 e. The second kappa shape index (κ2) is 12.9. The van der Waals surface area contributed by atoms with E-state index in [9.17, 15) is 14.7 Å². The largest absolute Gasteiger partial charge is 0.496 e. The third kappa shape index (κ3) is 6.31. The van der Waals surface area contributed by atoms with Crippen LogP contribution in [0.2, 0.25) is 0 Å². The van der Waals surface area contributed by atoms with Crippen molar-refractivity contribution in [2.75, 3.05) is 26.7 Å². The first-order chi connectivity index (χ1) is 19.9. The van der Waals surface area contributed by atoms with Gasteiger partial charge in [-0.25, -0.2) is 0 Å². The van der Waals surface area contributed by atoms with Crippen molar-refractivity contribution in [3.63, 3.8) is 0 Å². The molecule has 3 saturated heterocycles. The van der Waals surface area contributed by atoms with Crippen molar-refractivity contribution in [3.8, 4) is 5.75 Å². The summed E-state index contributed by atoms with van der Waals surface area (Å²) in [6.07, 6.45) is 0.874. The first kappa shape index (κ1) is 28.8. The Morgan fingerprint density at radius 2 is 1.63 bits per heavy atom. The van der Waals surface area contributed by atoms with Gasteiger partial charge in [-0.15, -0.1) is 0 Å². The van der Waals surface area contributed by atoms with Gasteiger partial charge in [-0.2, -0.15) is 0 Å². The number of benzene rings is 3. The lowest BCUT2D eigenvalue weighted by molar-refractivity contribution is -0.141. The molecular weight excluding hydrogens is 514 g/mol. The Balaban J connectivity index is 1.53. The molecule has 41 heavy (non-hydrogen) atoms. The van der Waals surface area contributed by atoms with Gasteiger partial charge in [0.05, 0.1) is 13.0 Å². The zero-order valence-electron chi connectivity index (χ0n) is 24.1. The van der Waals surface area contributed by atoms with E-state index in [0.717, 1.165) is 24.3 Å². The number of ether oxygens (including phenoxy) is 1. The molecule has 0 radical (unpaired) electrons. The molecule has 7 heteroatoms. The van der Waals surface area contributed by atoms with Crippen LogP contribution >= 0.6 is 0 Å². The second-order valence-electron chi connectivity index (χ2n) is 11.6. The molecule has 3 heterocycles. The van der Waals surface area contributed by atoms with E-state index in [1.54, 1.807) is 7.11 Å². The average Bonchev–Trinajstić information content (AvgIpc) is 3.00. The number of carboxylic acids is 1. The Bertz CT molecular complexity index is 1290. The number of nitrogens with one attached hydrogen (secondary N) is 2. The van der Waals surface area contributed by atoms with E-state index in [4.69, 9.17) is 4.74 Å². The molecule has 3 aliphatic rings. The van der Waals surface area contributed by atoms with Crippen LogP contribution in [-0.2, 0) is 16.1 Å². The predicted molar refractivity (Wildman–Crippen MR) is 160 cm³/mol. The van der Waals surface area contributed by atoms with Gasteiger partial charge in [0.2, 0.25) is 5.91 Å². The topological polar surface area (TPSA) is 90.9 Å². The number of amides is 1. The van der Waals surface area contributed by atoms with E-state index in [1.807, 2.05) is 18.2 Å². The Morgan fingerprint density at radius 3 is 2.22 bits per heavy atom. The minimum Gasteiger partial charge on any atom is -0.496 e. The molecule has 0 aliphatic carbocycles. The van der Waals surface area contributed by atoms with Crippen LogP contribution in [0.15, 0.2) is 78.9 Å². The van der Waals surface area contributed by atoms with Crippen LogP contribution in [0.5, 0.6) is 5.75 Å². The van der Waals surface area contributed by atoms with E-state index in [2.05, 4.69) is 90.0 Å². The first-order valence-electron chi connectivity index (χ1n) is 14.6. The number of piperidine rings is 3. The lowest BCUT2D eigenvalue weighted by Gasteiger charge is -2.56. The highest BCUT2D eigenvalue weighted by atomic mass is 16.5. The fourth-order valence-corrected chi connectivity index (χ4v) is 6.87. The highest BCUT2D eigenvalue weighted by Crippen LogP contribution is 2.44. The van der Waals surface area contributed by atoms with Gasteiger partial charge in [0.1, 0.15) is 12.3 Å². The standard InChI is InChI=1S/C34H41N3O4/c1-22(2)25-14-15-29(41-3)26(18-25)19-35-32-27-16-17-37(21-28(27)34(40)36-20-30(38)39)33(32)31(23-10-6-4-7-11-23)24-12-8-5-9-13-24/h4-15,18,22,27-28,31-33,35H,16-17,19-21H2,1-3H3,(H,36,40)(H,38,39)/t27-,28-,32-,33+/m0/s1. The molecule has 2 bridgehead atoms. The number of hydrogen-bond acceptors (Lipinski definition) is 5. The van der Waals surface area contributed by atoms with Gasteiger partial charge in [0.25, 0.3) is 0 Å². The summed E-state index contributed by atoms with van der Waals surface area (Å²) in [5, 5.41) is 15.8. The van der Waals surface area contributed by atoms with Crippen molar-refractivity contribution < 1.29 is 19.4 Å². The SMILES string of the molecule is COc1ccc(C(C)C)cc1CN[C@H]1[C@H]2CCN(C[C@@H]2C(=O)NCC(=O)O)[C@@H]1C(c1ccccc1)c1ccccc1. The van der Waals surface area contributed by atoms with E-state index >= 15 is 0 Å². The third-order valence-corrected chi connectivity index (χ3v) is 8.86. The molecule has 3 aromatic carbocycles. The fourth-order valence-electron chi connectivity index (χ4n) is 6.87. The van der Waals surface area contributed by atoms with Crippen molar-refractivity contribution in [1.29, 1.82) is 0 Å². The van der Waals surface area contributed by atoms with Gasteiger partial charge in [-0.05, 0) is 47.6 Å². The Kier molecular flexibility index (Phi) is 9.06. The summed E-state index contributed by atoms with van der Waals surface area (Å²) in [6.45, 7) is 6.13. The van der Waals surface area contributed by atoms with Crippen LogP contribution in [-0.4, -0.2) is 60.7 Å². The number of methoxy groups -OCH3 is 1. The normalized spacial score (nSPS) is 23.5. The Labute approximate surface area is 242 Å². The molecule has 216 valence electrons. The number of carbonyl (C=O) groups is 2. The van der Waals surface area contributed by atoms with E-state index in [1.165, 1.54) is 16.7 Å². The molecule has 7 nitrogen and oxygen atoms in total. The Morgan fingerprint density at radius 1 is 0.976 bits per heavy atom. The summed E-state index contributed by atoms with van der Waals surface area (Å²) in [5.41, 5.74) is 4.84. The average molecular weight is 556 g/mol. The van der Waals surface area contributed by atoms with Crippen LogP contribution in [0.4, 0.5) is 0 Å². The van der Waals surface area contributed by atoms with E-state index in [0.29, 0.717) is 19.0 Å². The number of hydrogen-bond donors (Lipinski definition) is 3. The Hall–Kier alpha value is -3.68. The van der Waals surface area contributed by atoms with Crippen LogP contribution in [0, 0.1) is 11.8 Å². The molecule has 1 unspecified atom stereocenters. The summed E-state index contributed by atoms with van der Waals surface area (Å²) in [7, 11) is 1.70. The van der Waals surface area contributed by atoms with Crippen molar-refractivity contribution in [2.45, 2.75) is 50.7 Å². The molecule has 3 aliphatic heterocycles. The lowest BCUT2D eigenvalue weighted by Crippen LogP contribution is -2.69. The van der Waals surface area contributed by atoms with Crippen LogP contribution in [0.1, 0.15) is 54.4 Å². The van der Waals surface area contributed by atoms with Crippen molar-refractivity contribution in [2.24, 2.45) is 11.8 Å². The minimum absolute atomic E-state index is 0.00379. The molecule has 0 saturated carbocycles. The number of fused-ring (bicyclic) bond motifs is 3. The first-order valence-corrected chi connectivity index (χ1v) is 14.6. The van der Waals surface area contributed by atoms with Gasteiger partial charge in [0, 0.05) is 36.7 Å². The van der Waals surface area contributed by atoms with Gasteiger partial charge in [0.15, 0.2) is 0 Å². The fraction of sp³-hybridized carbons (Fsp3) is 0.412. The smallest absolute Gasteiger partial charge is 0.322 e. The van der Waals surface area contributed by atoms with Crippen LogP contribution < -0.4 is 15.4 Å². The van der Waals surface area contributed by atoms with Crippen LogP contribution in [0.25, 0.3) is 0 Å². The monoisotopic (exact) mass is 555 g/mol. The zero-order chi connectivity index (χ0) is 28.9. The quantitative estimate of drug-likeness (QED) is 0.320. The predicted octanol–water partition coefficient (Wildman–Crippen LogP) is 4.63. The van der Waals surface area contributed by atoms with E-state index < -0.39 is 5.97 Å². The molecule has 3 aromatic rings. The minimum atomic E-state index is -1.03. The number of nitrogens with zero attached hydrogens (tertiary/aromatic N) is 1. The summed E-state index contributed by atoms with van der Waals surface area (Å²) in [5.74, 6) is -0.0870. The van der Waals surface area contributed by atoms with Crippen LogP contribution in [0.3, 0.4) is 0 Å². The van der Waals surface area contributed by atoms with Gasteiger partial charge < -0.3 is 20.5 Å². The number of carbonyl (C=O) groups excluding carboxylic acids is 1. The summed E-state index contributed by atoms with van der Waals surface area (Å²) < 4.78 is 5.74.